The third-order valence-electron chi connectivity index (χ3n) is 3.31. The van der Waals surface area contributed by atoms with Gasteiger partial charge in [-0.15, -0.1) is 0 Å². The lowest BCUT2D eigenvalue weighted by Gasteiger charge is -2.14. The van der Waals surface area contributed by atoms with Gasteiger partial charge < -0.3 is 32.3 Å². The van der Waals surface area contributed by atoms with Crippen molar-refractivity contribution in [1.29, 1.82) is 0 Å². The second kappa shape index (κ2) is 7.04. The molecule has 0 aliphatic carbocycles. The number of aromatic hydroxyl groups is 2. The van der Waals surface area contributed by atoms with Crippen molar-refractivity contribution < 1.29 is 40.9 Å². The molecule has 0 unspecified atom stereocenters. The zero-order valence-corrected chi connectivity index (χ0v) is 15.2. The minimum Gasteiger partial charge on any atom is -0.506 e. The molecular weight excluding hydrogens is 420 g/mol. The van der Waals surface area contributed by atoms with Gasteiger partial charge in [-0.05, 0) is 12.1 Å². The highest BCUT2D eigenvalue weighted by molar-refractivity contribution is 7.86. The molecule has 0 bridgehead atoms. The number of benzene rings is 2. The molecule has 0 spiro atoms. The number of nitrogen functional groups attached to an aromatic ring is 2. The minimum atomic E-state index is -4.86. The maximum Gasteiger partial charge on any atom is 0.323 e. The van der Waals surface area contributed by atoms with Crippen LogP contribution in [0.3, 0.4) is 0 Å². The Morgan fingerprint density at radius 3 is 1.36 bits per heavy atom. The van der Waals surface area contributed by atoms with Crippen molar-refractivity contribution in [2.45, 2.75) is 9.79 Å². The van der Waals surface area contributed by atoms with Crippen LogP contribution in [-0.2, 0) is 20.2 Å². The first-order valence-corrected chi connectivity index (χ1v) is 9.86. The number of phenols is 2. The van der Waals surface area contributed by atoms with Crippen LogP contribution in [0.1, 0.15) is 0 Å². The van der Waals surface area contributed by atoms with Crippen molar-refractivity contribution in [1.82, 2.24) is 0 Å². The highest BCUT2D eigenvalue weighted by Crippen LogP contribution is 2.33. The van der Waals surface area contributed by atoms with Gasteiger partial charge in [0.05, 0.1) is 22.7 Å². The molecule has 13 nitrogen and oxygen atoms in total. The van der Waals surface area contributed by atoms with Crippen molar-refractivity contribution in [2.75, 3.05) is 22.1 Å². The number of rotatable bonds is 4. The molecule has 2 aromatic rings. The molecule has 10 N–H and O–H groups in total. The number of hydrogen-bond acceptors (Lipinski definition) is 9. The third-order valence-corrected chi connectivity index (χ3v) is 5.10. The molecule has 0 aliphatic heterocycles. The van der Waals surface area contributed by atoms with E-state index < -0.39 is 70.3 Å². The Balaban J connectivity index is 2.44. The van der Waals surface area contributed by atoms with Crippen LogP contribution in [-0.4, -0.2) is 42.2 Å². The molecule has 0 atom stereocenters. The summed E-state index contributed by atoms with van der Waals surface area (Å²) in [5.41, 5.74) is 8.69. The topological polar surface area (TPSA) is 242 Å². The van der Waals surface area contributed by atoms with Crippen LogP contribution in [0.15, 0.2) is 34.1 Å². The molecule has 0 fully saturated rings. The SMILES string of the molecule is Nc1cc(S(=O)(=O)O)c(NC(=O)Nc2cc(O)c(N)cc2S(=O)(=O)O)cc1O. The minimum absolute atomic E-state index is 0.407. The van der Waals surface area contributed by atoms with Crippen molar-refractivity contribution in [3.63, 3.8) is 0 Å². The molecule has 15 heteroatoms. The van der Waals surface area contributed by atoms with Gasteiger partial charge >= 0.3 is 6.03 Å². The first-order chi connectivity index (χ1) is 12.7. The number of urea groups is 1. The summed E-state index contributed by atoms with van der Waals surface area (Å²) in [5, 5.41) is 23.1. The largest absolute Gasteiger partial charge is 0.506 e. The van der Waals surface area contributed by atoms with Gasteiger partial charge in [-0.2, -0.15) is 16.8 Å². The van der Waals surface area contributed by atoms with Crippen LogP contribution < -0.4 is 22.1 Å². The first-order valence-electron chi connectivity index (χ1n) is 6.98. The van der Waals surface area contributed by atoms with Gasteiger partial charge in [0.1, 0.15) is 21.3 Å². The van der Waals surface area contributed by atoms with E-state index in [1.54, 1.807) is 0 Å². The van der Waals surface area contributed by atoms with Crippen LogP contribution >= 0.6 is 0 Å². The van der Waals surface area contributed by atoms with Crippen LogP contribution in [0.2, 0.25) is 0 Å². The van der Waals surface area contributed by atoms with Gasteiger partial charge in [0.25, 0.3) is 20.2 Å². The van der Waals surface area contributed by atoms with Gasteiger partial charge in [0.2, 0.25) is 0 Å². The average molecular weight is 434 g/mol. The number of amides is 2. The smallest absolute Gasteiger partial charge is 0.323 e. The van der Waals surface area contributed by atoms with Crippen LogP contribution in [0.25, 0.3) is 0 Å². The predicted molar refractivity (Wildman–Crippen MR) is 97.3 cm³/mol. The number of carbonyl (C=O) groups excluding carboxylic acids is 1. The lowest BCUT2D eigenvalue weighted by atomic mass is 10.2. The molecule has 28 heavy (non-hydrogen) atoms. The molecule has 152 valence electrons. The van der Waals surface area contributed by atoms with E-state index in [1.165, 1.54) is 0 Å². The molecule has 2 aromatic carbocycles. The quantitative estimate of drug-likeness (QED) is 0.186. The van der Waals surface area contributed by atoms with Crippen LogP contribution in [0.5, 0.6) is 11.5 Å². The van der Waals surface area contributed by atoms with Gasteiger partial charge in [-0.1, -0.05) is 0 Å². The Morgan fingerprint density at radius 1 is 0.750 bits per heavy atom. The second-order valence-electron chi connectivity index (χ2n) is 5.34. The van der Waals surface area contributed by atoms with Gasteiger partial charge in [-0.3, -0.25) is 9.11 Å². The van der Waals surface area contributed by atoms with Gasteiger partial charge in [0, 0.05) is 12.1 Å². The third kappa shape index (κ3) is 4.52. The summed E-state index contributed by atoms with van der Waals surface area (Å²) in [6.07, 6.45) is 0. The Hall–Kier alpha value is -3.27. The fraction of sp³-hybridized carbons (Fsp3) is 0. The number of nitrogens with one attached hydrogen (secondary N) is 2. The summed E-state index contributed by atoms with van der Waals surface area (Å²) < 4.78 is 64.1. The summed E-state index contributed by atoms with van der Waals surface area (Å²) in [6.45, 7) is 0. The number of hydrogen-bond donors (Lipinski definition) is 8. The Labute approximate surface area is 158 Å². The first kappa shape index (κ1) is 21.0. The van der Waals surface area contributed by atoms with Crippen molar-refractivity contribution in [2.24, 2.45) is 0 Å². The molecule has 0 saturated carbocycles. The molecule has 0 heterocycles. The number of anilines is 4. The Morgan fingerprint density at radius 2 is 1.07 bits per heavy atom. The summed E-state index contributed by atoms with van der Waals surface area (Å²) >= 11 is 0. The van der Waals surface area contributed by atoms with E-state index >= 15 is 0 Å². The zero-order valence-electron chi connectivity index (χ0n) is 13.6. The highest BCUT2D eigenvalue weighted by atomic mass is 32.2. The highest BCUT2D eigenvalue weighted by Gasteiger charge is 2.22. The molecular formula is C13H14N4O9S2. The molecule has 0 radical (unpaired) electrons. The Bertz CT molecular complexity index is 1090. The van der Waals surface area contributed by atoms with E-state index in [2.05, 4.69) is 0 Å². The number of phenolic OH excluding ortho intramolecular Hbond substituents is 2. The lowest BCUT2D eigenvalue weighted by Crippen LogP contribution is -2.22. The van der Waals surface area contributed by atoms with E-state index in [4.69, 9.17) is 11.5 Å². The van der Waals surface area contributed by atoms with E-state index in [-0.39, 0.29) is 0 Å². The summed E-state index contributed by atoms with van der Waals surface area (Å²) in [5.74, 6) is -1.24. The van der Waals surface area contributed by atoms with Crippen molar-refractivity contribution in [3.05, 3.63) is 24.3 Å². The molecule has 2 amide bonds. The molecule has 0 saturated heterocycles. The number of nitrogens with two attached hydrogens (primary N) is 2. The van der Waals surface area contributed by atoms with Crippen LogP contribution in [0, 0.1) is 0 Å². The number of carbonyl (C=O) groups is 1. The second-order valence-corrected chi connectivity index (χ2v) is 8.12. The lowest BCUT2D eigenvalue weighted by molar-refractivity contribution is 0.262. The van der Waals surface area contributed by atoms with E-state index in [9.17, 15) is 40.9 Å². The maximum atomic E-state index is 12.1. The summed E-state index contributed by atoms with van der Waals surface area (Å²) in [4.78, 5) is 10.4. The maximum absolute atomic E-state index is 12.1. The molecule has 0 aromatic heterocycles. The Kier molecular flexibility index (Phi) is 5.29. The monoisotopic (exact) mass is 434 g/mol. The molecule has 0 aliphatic rings. The van der Waals surface area contributed by atoms with Crippen molar-refractivity contribution in [3.8, 4) is 11.5 Å². The standard InChI is InChI=1S/C13H14N4O9S2/c14-5-1-11(27(21,22)23)7(3-9(5)18)16-13(20)17-8-4-10(19)6(15)2-12(8)28(24,25)26/h1-4,18-19H,14-15H2,(H2,16,17,20)(H,21,22,23)(H,24,25,26). The summed E-state index contributed by atoms with van der Waals surface area (Å²) in [7, 11) is -9.72. The van der Waals surface area contributed by atoms with E-state index in [0.717, 1.165) is 12.1 Å². The van der Waals surface area contributed by atoms with Crippen LogP contribution in [0.4, 0.5) is 27.5 Å². The van der Waals surface area contributed by atoms with Gasteiger partial charge in [0.15, 0.2) is 0 Å². The van der Waals surface area contributed by atoms with E-state index in [1.807, 2.05) is 10.6 Å². The fourth-order valence-corrected chi connectivity index (χ4v) is 3.39. The molecule has 2 rings (SSSR count). The van der Waals surface area contributed by atoms with Gasteiger partial charge in [-0.25, -0.2) is 4.79 Å². The summed E-state index contributed by atoms with van der Waals surface area (Å²) in [6, 6.07) is 1.55. The normalized spacial score (nSPS) is 11.8. The van der Waals surface area contributed by atoms with Crippen molar-refractivity contribution >= 4 is 49.0 Å². The zero-order chi connectivity index (χ0) is 21.4. The fourth-order valence-electron chi connectivity index (χ4n) is 2.07. The predicted octanol–water partition coefficient (Wildman–Crippen LogP) is 0.400. The van der Waals surface area contributed by atoms with E-state index in [0.29, 0.717) is 12.1 Å². The average Bonchev–Trinajstić information content (AvgIpc) is 2.51.